The molecule has 0 heterocycles. The van der Waals surface area contributed by atoms with E-state index in [1.54, 1.807) is 11.1 Å². The van der Waals surface area contributed by atoms with Crippen LogP contribution in [0.15, 0.2) is 60.7 Å². The van der Waals surface area contributed by atoms with Crippen molar-refractivity contribution in [3.63, 3.8) is 0 Å². The predicted octanol–water partition coefficient (Wildman–Crippen LogP) is 9.14. The van der Waals surface area contributed by atoms with Crippen LogP contribution in [0.4, 0.5) is 0 Å². The summed E-state index contributed by atoms with van der Waals surface area (Å²) in [6.45, 7) is 4.45. The van der Waals surface area contributed by atoms with Crippen LogP contribution in [0.1, 0.15) is 99.3 Å². The molecule has 0 atom stereocenters. The van der Waals surface area contributed by atoms with Crippen LogP contribution in [-0.2, 0) is 35.8 Å². The van der Waals surface area contributed by atoms with Gasteiger partial charge in [-0.25, -0.2) is 0 Å². The SMILES string of the molecule is CCc1cc2c(C3CC3)cccc2[cH-]1.CCc1cc2c(C3CC3)cccc2[cH-]1.[Hf+2]=[Si]=CC1CCCC1. The Morgan fingerprint density at radius 1 is 0.750 bits per heavy atom. The summed E-state index contributed by atoms with van der Waals surface area (Å²) in [5.41, 5.74) is 8.68. The van der Waals surface area contributed by atoms with Gasteiger partial charge in [0.05, 0.1) is 0 Å². The molecule has 4 aromatic rings. The van der Waals surface area contributed by atoms with E-state index >= 15 is 0 Å². The van der Waals surface area contributed by atoms with Crippen molar-refractivity contribution in [1.29, 1.82) is 0 Å². The molecule has 0 N–H and O–H groups in total. The number of hydrogen-bond acceptors (Lipinski definition) is 0. The molecule has 36 heavy (non-hydrogen) atoms. The monoisotopic (exact) mass is 656 g/mol. The van der Waals surface area contributed by atoms with Crippen LogP contribution in [0.5, 0.6) is 0 Å². The minimum atomic E-state index is 0.866. The van der Waals surface area contributed by atoms with Gasteiger partial charge < -0.3 is 0 Å². The molecule has 3 aliphatic carbocycles. The molecule has 0 spiro atoms. The van der Waals surface area contributed by atoms with E-state index < -0.39 is 0 Å². The number of hydrogen-bond donors (Lipinski definition) is 0. The van der Waals surface area contributed by atoms with E-state index in [9.17, 15) is 0 Å². The van der Waals surface area contributed by atoms with Gasteiger partial charge in [-0.3, -0.25) is 0 Å². The van der Waals surface area contributed by atoms with Crippen molar-refractivity contribution in [2.45, 2.75) is 89.9 Å². The van der Waals surface area contributed by atoms with Gasteiger partial charge in [-0.15, -0.1) is 69.1 Å². The minimum absolute atomic E-state index is 0.866. The predicted molar refractivity (Wildman–Crippen MR) is 156 cm³/mol. The second kappa shape index (κ2) is 12.4. The fourth-order valence-electron chi connectivity index (χ4n) is 5.79. The summed E-state index contributed by atoms with van der Waals surface area (Å²) in [4.78, 5) is 0. The summed E-state index contributed by atoms with van der Waals surface area (Å²) >= 11 is 1.40. The van der Waals surface area contributed by atoms with E-state index in [1.807, 2.05) is 0 Å². The molecule has 3 aliphatic rings. The Morgan fingerprint density at radius 3 is 1.61 bits per heavy atom. The maximum absolute atomic E-state index is 2.55. The van der Waals surface area contributed by atoms with Crippen LogP contribution in [0, 0.1) is 5.92 Å². The number of benzene rings is 2. The molecule has 0 nitrogen and oxygen atoms in total. The van der Waals surface area contributed by atoms with Crippen molar-refractivity contribution < 1.29 is 23.0 Å². The average Bonchev–Trinajstić information content (AvgIpc) is 3.79. The summed E-state index contributed by atoms with van der Waals surface area (Å²) in [6, 6.07) is 22.9. The molecule has 0 amide bonds. The van der Waals surface area contributed by atoms with Gasteiger partial charge in [-0.2, -0.15) is 12.1 Å². The quantitative estimate of drug-likeness (QED) is 0.149. The van der Waals surface area contributed by atoms with Crippen LogP contribution >= 0.6 is 0 Å². The Kier molecular flexibility index (Phi) is 9.07. The van der Waals surface area contributed by atoms with Crippen LogP contribution in [-0.4, -0.2) is 11.5 Å². The molecule has 0 bridgehead atoms. The molecule has 184 valence electrons. The molecule has 3 saturated carbocycles. The molecule has 2 heteroatoms. The Morgan fingerprint density at radius 2 is 1.22 bits per heavy atom. The van der Waals surface area contributed by atoms with Gasteiger partial charge in [-0.05, 0) is 50.4 Å². The van der Waals surface area contributed by atoms with E-state index in [-0.39, 0.29) is 0 Å². The zero-order valence-electron chi connectivity index (χ0n) is 22.2. The zero-order chi connectivity index (χ0) is 24.9. The summed E-state index contributed by atoms with van der Waals surface area (Å²) in [5.74, 6) is 3.97. The van der Waals surface area contributed by atoms with Crippen molar-refractivity contribution in [2.24, 2.45) is 5.92 Å². The van der Waals surface area contributed by atoms with Crippen molar-refractivity contribution >= 4 is 33.0 Å². The molecule has 3 fully saturated rings. The maximum atomic E-state index is 2.55. The number of rotatable bonds is 5. The number of aryl methyl sites for hydroxylation is 2. The standard InChI is InChI=1S/2C14H15.C6H10Si.Hf/c2*1-2-10-8-12-4-3-5-13(11-6-7-11)14(12)9-10;7-5-6-3-1-2-4-6;/h2*3-5,8-9,11H,2,6-7H2,1H3;5-6H,1-4H2;/q2*-1;;+2. The van der Waals surface area contributed by atoms with Crippen molar-refractivity contribution in [3.05, 3.63) is 82.9 Å². The van der Waals surface area contributed by atoms with Gasteiger partial charge in [0.15, 0.2) is 0 Å². The van der Waals surface area contributed by atoms with Gasteiger partial charge in [0.25, 0.3) is 0 Å². The molecule has 0 aliphatic heterocycles. The summed E-state index contributed by atoms with van der Waals surface area (Å²) in [5, 5.41) is 5.89. The van der Waals surface area contributed by atoms with Gasteiger partial charge >= 0.3 is 66.1 Å². The molecule has 0 radical (unpaired) electrons. The fraction of sp³-hybridized carbons (Fsp3) is 0.441. The van der Waals surface area contributed by atoms with E-state index in [0.717, 1.165) is 30.6 Å². The van der Waals surface area contributed by atoms with E-state index in [0.29, 0.717) is 0 Å². The van der Waals surface area contributed by atoms with E-state index in [4.69, 9.17) is 0 Å². The summed E-state index contributed by atoms with van der Waals surface area (Å²) < 4.78 is 0. The second-order valence-electron chi connectivity index (χ2n) is 11.0. The third kappa shape index (κ3) is 6.54. The molecule has 7 rings (SSSR count). The zero-order valence-corrected chi connectivity index (χ0v) is 26.7. The molecule has 0 unspecified atom stereocenters. The van der Waals surface area contributed by atoms with Crippen molar-refractivity contribution in [3.8, 4) is 0 Å². The topological polar surface area (TPSA) is 0 Å². The first-order chi connectivity index (χ1) is 17.7. The average molecular weight is 655 g/mol. The molecular formula is C34H40HfSi. The van der Waals surface area contributed by atoms with Gasteiger partial charge in [0, 0.05) is 0 Å². The summed E-state index contributed by atoms with van der Waals surface area (Å²) in [6.07, 6.45) is 13.9. The third-order valence-corrected chi connectivity index (χ3v) is 10.7. The third-order valence-electron chi connectivity index (χ3n) is 8.26. The number of fused-ring (bicyclic) bond motifs is 2. The first-order valence-corrected chi connectivity index (χ1v) is 20.8. The van der Waals surface area contributed by atoms with Gasteiger partial charge in [-0.1, -0.05) is 37.1 Å². The van der Waals surface area contributed by atoms with Crippen LogP contribution in [0.25, 0.3) is 21.5 Å². The van der Waals surface area contributed by atoms with Crippen LogP contribution < -0.4 is 0 Å². The fourth-order valence-corrected chi connectivity index (χ4v) is 8.90. The Labute approximate surface area is 233 Å². The van der Waals surface area contributed by atoms with Crippen molar-refractivity contribution in [2.75, 3.05) is 0 Å². The first kappa shape index (κ1) is 26.2. The normalized spacial score (nSPS) is 17.3. The van der Waals surface area contributed by atoms with Crippen LogP contribution in [0.2, 0.25) is 0 Å². The Bertz CT molecular complexity index is 1240. The summed E-state index contributed by atoms with van der Waals surface area (Å²) in [7, 11) is 0. The van der Waals surface area contributed by atoms with E-state index in [1.165, 1.54) is 113 Å². The molecule has 0 aromatic heterocycles. The second-order valence-corrected chi connectivity index (χ2v) is 14.8. The first-order valence-electron chi connectivity index (χ1n) is 14.3. The molecular weight excluding hydrogens is 615 g/mol. The van der Waals surface area contributed by atoms with Gasteiger partial charge in [0.2, 0.25) is 0 Å². The Balaban J connectivity index is 0.000000116. The molecule has 4 aromatic carbocycles. The molecule has 0 saturated heterocycles. The van der Waals surface area contributed by atoms with Gasteiger partial charge in [0.1, 0.15) is 0 Å². The van der Waals surface area contributed by atoms with Crippen LogP contribution in [0.3, 0.4) is 0 Å². The van der Waals surface area contributed by atoms with Crippen molar-refractivity contribution in [1.82, 2.24) is 0 Å². The van der Waals surface area contributed by atoms with E-state index in [2.05, 4.69) is 80.2 Å². The Hall–Kier alpha value is -1.38.